The molecule has 1 aliphatic heterocycles. The Bertz CT molecular complexity index is 1060. The average molecular weight is 429 g/mol. The number of ether oxygens (including phenoxy) is 1. The zero-order chi connectivity index (χ0) is 19.8. The van der Waals surface area contributed by atoms with E-state index in [1.165, 1.54) is 47.0 Å². The number of hydrogen-bond acceptors (Lipinski definition) is 2. The first-order valence-electron chi connectivity index (χ1n) is 10.7. The van der Waals surface area contributed by atoms with E-state index in [0.29, 0.717) is 11.6 Å². The second kappa shape index (κ2) is 8.22. The standard InChI is InChI=1S/C24H26Cl2N2O/c25-17-14-20-19-8-10-27-11-9-22(19)28(24(20)21(26)15-17)12-13-29-23-7-3-5-16-4-1-2-6-18(16)23/h3,5,7,14-15,27H,1-2,4,6,8-13H2. The third-order valence-electron chi connectivity index (χ3n) is 6.31. The first-order valence-corrected chi connectivity index (χ1v) is 11.4. The van der Waals surface area contributed by atoms with Crippen molar-refractivity contribution in [1.82, 2.24) is 9.88 Å². The number of hydrogen-bond donors (Lipinski definition) is 1. The van der Waals surface area contributed by atoms with Crippen LogP contribution in [0.3, 0.4) is 0 Å². The van der Waals surface area contributed by atoms with E-state index in [-0.39, 0.29) is 0 Å². The highest BCUT2D eigenvalue weighted by Crippen LogP contribution is 2.36. The molecule has 5 rings (SSSR count). The Hall–Kier alpha value is -1.68. The predicted molar refractivity (Wildman–Crippen MR) is 121 cm³/mol. The fourth-order valence-electron chi connectivity index (χ4n) is 5.01. The zero-order valence-corrected chi connectivity index (χ0v) is 18.1. The van der Waals surface area contributed by atoms with Gasteiger partial charge in [0.2, 0.25) is 0 Å². The number of aryl methyl sites for hydroxylation is 1. The molecule has 1 aromatic heterocycles. The third kappa shape index (κ3) is 3.65. The molecular formula is C24H26Cl2N2O. The van der Waals surface area contributed by atoms with Crippen LogP contribution in [0.4, 0.5) is 0 Å². The Kier molecular flexibility index (Phi) is 5.47. The summed E-state index contributed by atoms with van der Waals surface area (Å²) in [6, 6.07) is 10.4. The van der Waals surface area contributed by atoms with Crippen LogP contribution < -0.4 is 10.1 Å². The fourth-order valence-corrected chi connectivity index (χ4v) is 5.60. The van der Waals surface area contributed by atoms with Crippen LogP contribution in [-0.2, 0) is 32.2 Å². The molecule has 5 heteroatoms. The van der Waals surface area contributed by atoms with E-state index in [4.69, 9.17) is 27.9 Å². The predicted octanol–water partition coefficient (Wildman–Crippen LogP) is 5.59. The summed E-state index contributed by atoms with van der Waals surface area (Å²) in [5.41, 5.74) is 6.71. The Morgan fingerprint density at radius 1 is 0.966 bits per heavy atom. The van der Waals surface area contributed by atoms with E-state index in [0.717, 1.165) is 55.2 Å². The molecule has 0 bridgehead atoms. The summed E-state index contributed by atoms with van der Waals surface area (Å²) >= 11 is 13.0. The highest BCUT2D eigenvalue weighted by atomic mass is 35.5. The van der Waals surface area contributed by atoms with Crippen LogP contribution in [0.1, 0.15) is 35.2 Å². The van der Waals surface area contributed by atoms with Gasteiger partial charge in [-0.25, -0.2) is 0 Å². The highest BCUT2D eigenvalue weighted by Gasteiger charge is 2.21. The lowest BCUT2D eigenvalue weighted by molar-refractivity contribution is 0.294. The van der Waals surface area contributed by atoms with Crippen molar-refractivity contribution < 1.29 is 4.74 Å². The van der Waals surface area contributed by atoms with Crippen molar-refractivity contribution in [3.63, 3.8) is 0 Å². The molecule has 0 atom stereocenters. The lowest BCUT2D eigenvalue weighted by Gasteiger charge is -2.20. The van der Waals surface area contributed by atoms with Gasteiger partial charge in [-0.1, -0.05) is 35.3 Å². The highest BCUT2D eigenvalue weighted by molar-refractivity contribution is 6.38. The number of nitrogens with one attached hydrogen (secondary N) is 1. The SMILES string of the molecule is Clc1cc(Cl)c2c(c1)c1c(n2CCOc2cccc3c2CCCC3)CCNCC1. The fraction of sp³-hybridized carbons (Fsp3) is 0.417. The maximum atomic E-state index is 6.66. The van der Waals surface area contributed by atoms with Crippen LogP contribution in [0.5, 0.6) is 5.75 Å². The maximum Gasteiger partial charge on any atom is 0.122 e. The molecule has 3 nitrogen and oxygen atoms in total. The average Bonchev–Trinajstić information content (AvgIpc) is 2.87. The van der Waals surface area contributed by atoms with Gasteiger partial charge in [0, 0.05) is 29.1 Å². The molecule has 0 fully saturated rings. The topological polar surface area (TPSA) is 26.2 Å². The number of benzene rings is 2. The van der Waals surface area contributed by atoms with Crippen LogP contribution >= 0.6 is 23.2 Å². The number of halogens is 2. The van der Waals surface area contributed by atoms with Gasteiger partial charge >= 0.3 is 0 Å². The summed E-state index contributed by atoms with van der Waals surface area (Å²) in [5.74, 6) is 1.06. The Morgan fingerprint density at radius 2 is 1.83 bits per heavy atom. The number of fused-ring (bicyclic) bond motifs is 4. The van der Waals surface area contributed by atoms with E-state index >= 15 is 0 Å². The van der Waals surface area contributed by atoms with Crippen LogP contribution in [-0.4, -0.2) is 24.3 Å². The van der Waals surface area contributed by atoms with Gasteiger partial charge < -0.3 is 14.6 Å². The smallest absolute Gasteiger partial charge is 0.122 e. The minimum absolute atomic E-state index is 0.638. The van der Waals surface area contributed by atoms with E-state index in [9.17, 15) is 0 Å². The first-order chi connectivity index (χ1) is 14.2. The minimum Gasteiger partial charge on any atom is -0.491 e. The molecule has 0 amide bonds. The van der Waals surface area contributed by atoms with Gasteiger partial charge in [-0.05, 0) is 73.5 Å². The van der Waals surface area contributed by atoms with Crippen molar-refractivity contribution in [1.29, 1.82) is 0 Å². The van der Waals surface area contributed by atoms with Crippen LogP contribution in [0, 0.1) is 0 Å². The summed E-state index contributed by atoms with van der Waals surface area (Å²) in [6.07, 6.45) is 6.84. The Balaban J connectivity index is 1.46. The van der Waals surface area contributed by atoms with Gasteiger partial charge in [-0.3, -0.25) is 0 Å². The molecule has 2 heterocycles. The van der Waals surface area contributed by atoms with Crippen LogP contribution in [0.15, 0.2) is 30.3 Å². The molecule has 0 radical (unpaired) electrons. The van der Waals surface area contributed by atoms with Crippen molar-refractivity contribution in [3.05, 3.63) is 62.8 Å². The molecule has 2 aromatic carbocycles. The summed E-state index contributed by atoms with van der Waals surface area (Å²) in [5, 5.41) is 6.13. The number of aromatic nitrogens is 1. The van der Waals surface area contributed by atoms with Crippen molar-refractivity contribution in [3.8, 4) is 5.75 Å². The second-order valence-corrected chi connectivity index (χ2v) is 8.90. The lowest BCUT2D eigenvalue weighted by atomic mass is 9.91. The molecule has 1 N–H and O–H groups in total. The summed E-state index contributed by atoms with van der Waals surface area (Å²) < 4.78 is 8.67. The van der Waals surface area contributed by atoms with Gasteiger partial charge in [-0.15, -0.1) is 0 Å². The van der Waals surface area contributed by atoms with E-state index in [1.54, 1.807) is 0 Å². The Morgan fingerprint density at radius 3 is 2.76 bits per heavy atom. The normalized spacial score (nSPS) is 16.3. The van der Waals surface area contributed by atoms with E-state index in [1.807, 2.05) is 6.07 Å². The quantitative estimate of drug-likeness (QED) is 0.585. The van der Waals surface area contributed by atoms with Crippen molar-refractivity contribution in [2.45, 2.75) is 45.1 Å². The maximum absolute atomic E-state index is 6.66. The van der Waals surface area contributed by atoms with Gasteiger partial charge in [0.1, 0.15) is 12.4 Å². The number of nitrogens with zero attached hydrogens (tertiary/aromatic N) is 1. The lowest BCUT2D eigenvalue weighted by Crippen LogP contribution is -2.18. The van der Waals surface area contributed by atoms with Crippen LogP contribution in [0.25, 0.3) is 10.9 Å². The minimum atomic E-state index is 0.638. The zero-order valence-electron chi connectivity index (χ0n) is 16.6. The molecule has 152 valence electrons. The molecule has 1 aliphatic carbocycles. The monoisotopic (exact) mass is 428 g/mol. The molecule has 0 saturated carbocycles. The first kappa shape index (κ1) is 19.3. The second-order valence-electron chi connectivity index (χ2n) is 8.06. The van der Waals surface area contributed by atoms with Crippen molar-refractivity contribution >= 4 is 34.1 Å². The number of rotatable bonds is 4. The van der Waals surface area contributed by atoms with E-state index < -0.39 is 0 Å². The summed E-state index contributed by atoms with van der Waals surface area (Å²) in [4.78, 5) is 0. The molecule has 0 unspecified atom stereocenters. The van der Waals surface area contributed by atoms with Gasteiger partial charge in [0.25, 0.3) is 0 Å². The summed E-state index contributed by atoms with van der Waals surface area (Å²) in [6.45, 7) is 3.40. The van der Waals surface area contributed by atoms with Gasteiger partial charge in [-0.2, -0.15) is 0 Å². The molecule has 29 heavy (non-hydrogen) atoms. The van der Waals surface area contributed by atoms with Gasteiger partial charge in [0.05, 0.1) is 17.1 Å². The van der Waals surface area contributed by atoms with Crippen molar-refractivity contribution in [2.75, 3.05) is 19.7 Å². The molecule has 3 aromatic rings. The largest absolute Gasteiger partial charge is 0.491 e. The molecule has 2 aliphatic rings. The molecule has 0 spiro atoms. The molecule has 0 saturated heterocycles. The molecular weight excluding hydrogens is 403 g/mol. The van der Waals surface area contributed by atoms with Crippen molar-refractivity contribution in [2.24, 2.45) is 0 Å². The summed E-state index contributed by atoms with van der Waals surface area (Å²) in [7, 11) is 0. The van der Waals surface area contributed by atoms with Crippen LogP contribution in [0.2, 0.25) is 10.0 Å². The third-order valence-corrected chi connectivity index (χ3v) is 6.82. The Labute approximate surface area is 181 Å². The van der Waals surface area contributed by atoms with Gasteiger partial charge in [0.15, 0.2) is 0 Å². The van der Waals surface area contributed by atoms with E-state index in [2.05, 4.69) is 34.1 Å².